The monoisotopic (exact) mass is 346 g/mol. The number of ether oxygens (including phenoxy) is 2. The lowest BCUT2D eigenvalue weighted by Gasteiger charge is -2.36. The Morgan fingerprint density at radius 3 is 2.76 bits per heavy atom. The van der Waals surface area contributed by atoms with Crippen molar-refractivity contribution < 1.29 is 19.1 Å². The molecule has 6 nitrogen and oxygen atoms in total. The Hall–Kier alpha value is -2.50. The van der Waals surface area contributed by atoms with Gasteiger partial charge in [-0.15, -0.1) is 0 Å². The lowest BCUT2D eigenvalue weighted by atomic mass is 9.81. The lowest BCUT2D eigenvalue weighted by molar-refractivity contribution is -0.138. The van der Waals surface area contributed by atoms with Crippen LogP contribution in [0.15, 0.2) is 48.0 Å². The van der Waals surface area contributed by atoms with Crippen LogP contribution >= 0.6 is 0 Å². The quantitative estimate of drug-likeness (QED) is 0.716. The Kier molecular flexibility index (Phi) is 6.07. The van der Waals surface area contributed by atoms with Gasteiger partial charge in [-0.05, 0) is 25.6 Å². The van der Waals surface area contributed by atoms with Gasteiger partial charge in [0, 0.05) is 38.7 Å². The van der Waals surface area contributed by atoms with Gasteiger partial charge in [-0.25, -0.2) is 9.59 Å². The fraction of sp³-hybridized carbons (Fsp3) is 0.474. The summed E-state index contributed by atoms with van der Waals surface area (Å²) < 4.78 is 10.6. The summed E-state index contributed by atoms with van der Waals surface area (Å²) in [5.74, 6) is 0.333. The molecule has 6 heteroatoms. The summed E-state index contributed by atoms with van der Waals surface area (Å²) in [6.07, 6.45) is 12.4. The summed E-state index contributed by atoms with van der Waals surface area (Å²) in [7, 11) is 3.31. The molecule has 0 bridgehead atoms. The van der Waals surface area contributed by atoms with Crippen LogP contribution in [-0.4, -0.2) is 49.1 Å². The highest BCUT2D eigenvalue weighted by Gasteiger charge is 2.34. The van der Waals surface area contributed by atoms with Crippen molar-refractivity contribution >= 4 is 12.1 Å². The molecule has 0 spiro atoms. The molecule has 2 aliphatic rings. The van der Waals surface area contributed by atoms with E-state index in [9.17, 15) is 9.59 Å². The largest absolute Gasteiger partial charge is 0.463 e. The molecule has 1 aliphatic carbocycles. The van der Waals surface area contributed by atoms with E-state index in [4.69, 9.17) is 9.47 Å². The van der Waals surface area contributed by atoms with Crippen molar-refractivity contribution in [3.63, 3.8) is 0 Å². The number of nitrogens with zero attached hydrogens (tertiary/aromatic N) is 2. The van der Waals surface area contributed by atoms with Crippen molar-refractivity contribution in [1.82, 2.24) is 9.80 Å². The molecule has 1 unspecified atom stereocenters. The average Bonchev–Trinajstić information content (AvgIpc) is 2.57. The van der Waals surface area contributed by atoms with E-state index in [-0.39, 0.29) is 11.4 Å². The van der Waals surface area contributed by atoms with E-state index in [1.807, 2.05) is 42.5 Å². The molecule has 1 amide bonds. The van der Waals surface area contributed by atoms with Gasteiger partial charge < -0.3 is 19.3 Å². The van der Waals surface area contributed by atoms with Crippen LogP contribution in [0.25, 0.3) is 0 Å². The van der Waals surface area contributed by atoms with Crippen LogP contribution in [-0.2, 0) is 14.3 Å². The summed E-state index contributed by atoms with van der Waals surface area (Å²) in [4.78, 5) is 27.2. The smallest absolute Gasteiger partial charge is 0.414 e. The number of carbonyl (C=O) groups excluding carboxylic acids is 2. The molecule has 0 aromatic carbocycles. The highest BCUT2D eigenvalue weighted by Crippen LogP contribution is 2.37. The third kappa shape index (κ3) is 4.75. The van der Waals surface area contributed by atoms with E-state index in [0.717, 1.165) is 6.42 Å². The maximum absolute atomic E-state index is 12.0. The van der Waals surface area contributed by atoms with E-state index in [2.05, 4.69) is 6.08 Å². The van der Waals surface area contributed by atoms with Crippen LogP contribution in [0.1, 0.15) is 26.7 Å². The molecule has 25 heavy (non-hydrogen) atoms. The van der Waals surface area contributed by atoms with Gasteiger partial charge in [-0.1, -0.05) is 25.2 Å². The maximum Gasteiger partial charge on any atom is 0.414 e. The molecule has 136 valence electrons. The number of amides is 1. The van der Waals surface area contributed by atoms with Crippen LogP contribution in [0, 0.1) is 5.41 Å². The molecule has 0 radical (unpaired) electrons. The van der Waals surface area contributed by atoms with Gasteiger partial charge in [0.05, 0.1) is 12.2 Å². The number of allylic oxidation sites excluding steroid dienone is 4. The van der Waals surface area contributed by atoms with Crippen molar-refractivity contribution in [3.05, 3.63) is 48.0 Å². The van der Waals surface area contributed by atoms with Crippen molar-refractivity contribution in [2.24, 2.45) is 5.41 Å². The summed E-state index contributed by atoms with van der Waals surface area (Å²) >= 11 is 0. The van der Waals surface area contributed by atoms with Gasteiger partial charge in [-0.2, -0.15) is 0 Å². The number of hydrogen-bond donors (Lipinski definition) is 0. The average molecular weight is 346 g/mol. The standard InChI is InChI=1S/C19H26N2O4/c1-5-24-17(22)15-9-8-12-21(13-15)14-19(2)11-7-6-10-16(19)25-18(23)20(3)4/h6-8,10,12-13H,5,9,11,14H2,1-4H3. The molecule has 0 N–H and O–H groups in total. The van der Waals surface area contributed by atoms with E-state index < -0.39 is 6.09 Å². The highest BCUT2D eigenvalue weighted by atomic mass is 16.6. The molecular formula is C19H26N2O4. The fourth-order valence-electron chi connectivity index (χ4n) is 2.74. The molecule has 1 heterocycles. The Labute approximate surface area is 149 Å². The molecule has 0 aromatic rings. The number of carbonyl (C=O) groups is 2. The summed E-state index contributed by atoms with van der Waals surface area (Å²) in [6, 6.07) is 0. The second-order valence-corrected chi connectivity index (χ2v) is 6.62. The van der Waals surface area contributed by atoms with Crippen LogP contribution in [0.5, 0.6) is 0 Å². The highest BCUT2D eigenvalue weighted by molar-refractivity contribution is 5.88. The normalized spacial score (nSPS) is 22.2. The number of rotatable bonds is 5. The zero-order valence-corrected chi connectivity index (χ0v) is 15.3. The minimum atomic E-state index is -0.398. The van der Waals surface area contributed by atoms with Gasteiger partial charge in [0.1, 0.15) is 5.76 Å². The molecule has 0 saturated heterocycles. The third-order valence-electron chi connectivity index (χ3n) is 4.13. The maximum atomic E-state index is 12.0. The minimum Gasteiger partial charge on any atom is -0.463 e. The topological polar surface area (TPSA) is 59.1 Å². The Bertz CT molecular complexity index is 646. The van der Waals surface area contributed by atoms with Crippen LogP contribution in [0.4, 0.5) is 4.79 Å². The zero-order valence-electron chi connectivity index (χ0n) is 15.3. The number of hydrogen-bond acceptors (Lipinski definition) is 5. The van der Waals surface area contributed by atoms with E-state index in [0.29, 0.717) is 30.9 Å². The van der Waals surface area contributed by atoms with Crippen LogP contribution in [0.2, 0.25) is 0 Å². The molecular weight excluding hydrogens is 320 g/mol. The van der Waals surface area contributed by atoms with Gasteiger partial charge in [0.2, 0.25) is 0 Å². The molecule has 1 atom stereocenters. The van der Waals surface area contributed by atoms with Crippen molar-refractivity contribution in [3.8, 4) is 0 Å². The van der Waals surface area contributed by atoms with Crippen molar-refractivity contribution in [1.29, 1.82) is 0 Å². The third-order valence-corrected chi connectivity index (χ3v) is 4.13. The van der Waals surface area contributed by atoms with E-state index in [1.165, 1.54) is 4.90 Å². The molecule has 0 fully saturated rings. The molecule has 0 saturated carbocycles. The van der Waals surface area contributed by atoms with Crippen LogP contribution < -0.4 is 0 Å². The van der Waals surface area contributed by atoms with Gasteiger partial charge in [0.15, 0.2) is 0 Å². The predicted octanol–water partition coefficient (Wildman–Crippen LogP) is 3.20. The van der Waals surface area contributed by atoms with Gasteiger partial charge >= 0.3 is 12.1 Å². The first-order chi connectivity index (χ1) is 11.9. The van der Waals surface area contributed by atoms with E-state index >= 15 is 0 Å². The summed E-state index contributed by atoms with van der Waals surface area (Å²) in [5.41, 5.74) is 0.244. The predicted molar refractivity (Wildman–Crippen MR) is 95.3 cm³/mol. The SMILES string of the molecule is CCOC(=O)C1=CN(CC2(C)CC=CC=C2OC(=O)N(C)C)C=CC1. The fourth-order valence-corrected chi connectivity index (χ4v) is 2.74. The van der Waals surface area contributed by atoms with Crippen molar-refractivity contribution in [2.75, 3.05) is 27.2 Å². The van der Waals surface area contributed by atoms with Gasteiger partial charge in [-0.3, -0.25) is 0 Å². The zero-order chi connectivity index (χ0) is 18.4. The first-order valence-corrected chi connectivity index (χ1v) is 8.42. The summed E-state index contributed by atoms with van der Waals surface area (Å²) in [6.45, 7) is 4.78. The Morgan fingerprint density at radius 2 is 2.08 bits per heavy atom. The van der Waals surface area contributed by atoms with E-state index in [1.54, 1.807) is 21.0 Å². The molecule has 2 rings (SSSR count). The minimum absolute atomic E-state index is 0.291. The summed E-state index contributed by atoms with van der Waals surface area (Å²) in [5, 5.41) is 0. The second-order valence-electron chi connectivity index (χ2n) is 6.62. The Morgan fingerprint density at radius 1 is 1.32 bits per heavy atom. The number of esters is 1. The van der Waals surface area contributed by atoms with Crippen molar-refractivity contribution in [2.45, 2.75) is 26.7 Å². The molecule has 0 aromatic heterocycles. The molecule has 1 aliphatic heterocycles. The Balaban J connectivity index is 2.13. The second kappa shape index (κ2) is 8.05. The van der Waals surface area contributed by atoms with Gasteiger partial charge in [0.25, 0.3) is 0 Å². The van der Waals surface area contributed by atoms with Crippen LogP contribution in [0.3, 0.4) is 0 Å². The first kappa shape index (κ1) is 18.8. The first-order valence-electron chi connectivity index (χ1n) is 8.42. The lowest BCUT2D eigenvalue weighted by Crippen LogP contribution is -2.36.